The summed E-state index contributed by atoms with van der Waals surface area (Å²) < 4.78 is 10.2. The highest BCUT2D eigenvalue weighted by molar-refractivity contribution is 6.05. The van der Waals surface area contributed by atoms with E-state index in [-0.39, 0.29) is 18.4 Å². The molecular formula is C23H26N2O4. The number of hydrogen-bond acceptors (Lipinski definition) is 5. The number of methoxy groups -OCH3 is 2. The number of ketones is 1. The summed E-state index contributed by atoms with van der Waals surface area (Å²) in [5.74, 6) is 0.778. The second kappa shape index (κ2) is 8.47. The molecule has 0 bridgehead atoms. The van der Waals surface area contributed by atoms with E-state index < -0.39 is 11.5 Å². The van der Waals surface area contributed by atoms with Crippen LogP contribution in [0, 0.1) is 5.41 Å². The summed E-state index contributed by atoms with van der Waals surface area (Å²) in [6.45, 7) is 3.95. The Morgan fingerprint density at radius 1 is 1.21 bits per heavy atom. The Bertz CT molecular complexity index is 904. The van der Waals surface area contributed by atoms with Crippen LogP contribution >= 0.6 is 0 Å². The molecule has 2 heterocycles. The van der Waals surface area contributed by atoms with E-state index in [0.717, 1.165) is 11.3 Å². The Balaban J connectivity index is 1.95. The van der Waals surface area contributed by atoms with E-state index in [2.05, 4.69) is 4.98 Å². The van der Waals surface area contributed by atoms with Crippen molar-refractivity contribution in [1.29, 1.82) is 0 Å². The number of carbonyl (C=O) groups is 2. The number of nitrogens with zero attached hydrogens (tertiary/aromatic N) is 2. The number of ether oxygens (including phenoxy) is 2. The topological polar surface area (TPSA) is 68.7 Å². The third-order valence-electron chi connectivity index (χ3n) is 5.43. The molecule has 3 rings (SSSR count). The molecule has 1 aliphatic rings. The van der Waals surface area contributed by atoms with Crippen molar-refractivity contribution in [2.24, 2.45) is 5.41 Å². The summed E-state index contributed by atoms with van der Waals surface area (Å²) in [6.07, 6.45) is 3.52. The highest BCUT2D eigenvalue weighted by Crippen LogP contribution is 2.37. The summed E-state index contributed by atoms with van der Waals surface area (Å²) in [5, 5.41) is 0. The molecule has 0 saturated carbocycles. The second-order valence-corrected chi connectivity index (χ2v) is 7.64. The van der Waals surface area contributed by atoms with Crippen molar-refractivity contribution in [1.82, 2.24) is 9.88 Å². The number of pyridine rings is 1. The number of carbonyl (C=O) groups excluding carboxylic acids is 2. The summed E-state index contributed by atoms with van der Waals surface area (Å²) in [6, 6.07) is 12.8. The zero-order valence-corrected chi connectivity index (χ0v) is 17.2. The van der Waals surface area contributed by atoms with Crippen LogP contribution in [0.2, 0.25) is 0 Å². The molecule has 152 valence electrons. The van der Waals surface area contributed by atoms with Crippen LogP contribution in [0.15, 0.2) is 54.2 Å². The van der Waals surface area contributed by atoms with Gasteiger partial charge in [0.05, 0.1) is 32.5 Å². The smallest absolute Gasteiger partial charge is 0.410 e. The second-order valence-electron chi connectivity index (χ2n) is 7.64. The first-order chi connectivity index (χ1) is 13.9. The molecule has 1 amide bonds. The van der Waals surface area contributed by atoms with Crippen molar-refractivity contribution in [3.63, 3.8) is 0 Å². The Morgan fingerprint density at radius 3 is 2.52 bits per heavy atom. The van der Waals surface area contributed by atoms with Gasteiger partial charge in [0.2, 0.25) is 0 Å². The quantitative estimate of drug-likeness (QED) is 0.739. The number of aromatic nitrogens is 1. The lowest BCUT2D eigenvalue weighted by molar-refractivity contribution is -0.129. The lowest BCUT2D eigenvalue weighted by atomic mass is 9.71. The van der Waals surface area contributed by atoms with Crippen LogP contribution in [0.4, 0.5) is 4.79 Å². The molecule has 1 fully saturated rings. The Morgan fingerprint density at radius 2 is 1.93 bits per heavy atom. The lowest BCUT2D eigenvalue weighted by Crippen LogP contribution is -2.58. The molecule has 1 saturated heterocycles. The minimum Gasteiger partial charge on any atom is -0.497 e. The molecule has 1 atom stereocenters. The van der Waals surface area contributed by atoms with Gasteiger partial charge in [-0.25, -0.2) is 4.79 Å². The van der Waals surface area contributed by atoms with E-state index in [4.69, 9.17) is 9.47 Å². The molecule has 6 nitrogen and oxygen atoms in total. The van der Waals surface area contributed by atoms with E-state index in [1.807, 2.05) is 56.3 Å². The highest BCUT2D eigenvalue weighted by atomic mass is 16.5. The van der Waals surface area contributed by atoms with Gasteiger partial charge in [0.25, 0.3) is 0 Å². The summed E-state index contributed by atoms with van der Waals surface area (Å²) >= 11 is 0. The molecule has 29 heavy (non-hydrogen) atoms. The maximum Gasteiger partial charge on any atom is 0.410 e. The van der Waals surface area contributed by atoms with Gasteiger partial charge in [-0.1, -0.05) is 32.0 Å². The first-order valence-electron chi connectivity index (χ1n) is 9.50. The van der Waals surface area contributed by atoms with Crippen LogP contribution < -0.4 is 4.74 Å². The number of piperidine rings is 1. The normalized spacial score (nSPS) is 19.9. The van der Waals surface area contributed by atoms with Gasteiger partial charge in [-0.05, 0) is 42.3 Å². The Kier molecular flexibility index (Phi) is 6.01. The fourth-order valence-electron chi connectivity index (χ4n) is 3.73. The van der Waals surface area contributed by atoms with E-state index in [9.17, 15) is 9.59 Å². The van der Waals surface area contributed by atoms with E-state index in [1.54, 1.807) is 24.3 Å². The third-order valence-corrected chi connectivity index (χ3v) is 5.43. The number of Topliss-reactive ketones (excluding diaryl/α,β-unsaturated/α-hetero) is 1. The van der Waals surface area contributed by atoms with Crippen LogP contribution in [0.25, 0.3) is 6.08 Å². The molecule has 1 unspecified atom stereocenters. The van der Waals surface area contributed by atoms with E-state index >= 15 is 0 Å². The van der Waals surface area contributed by atoms with Gasteiger partial charge < -0.3 is 9.47 Å². The molecular weight excluding hydrogens is 368 g/mol. The van der Waals surface area contributed by atoms with Gasteiger partial charge in [-0.2, -0.15) is 0 Å². The zero-order valence-electron chi connectivity index (χ0n) is 17.2. The molecule has 0 aliphatic carbocycles. The molecule has 0 spiro atoms. The minimum atomic E-state index is -0.785. The van der Waals surface area contributed by atoms with Crippen LogP contribution in [0.5, 0.6) is 5.75 Å². The van der Waals surface area contributed by atoms with Crippen LogP contribution in [-0.4, -0.2) is 48.6 Å². The maximum atomic E-state index is 13.3. The monoisotopic (exact) mass is 394 g/mol. The van der Waals surface area contributed by atoms with Gasteiger partial charge in [0.15, 0.2) is 5.78 Å². The van der Waals surface area contributed by atoms with Crippen molar-refractivity contribution >= 4 is 18.0 Å². The highest BCUT2D eigenvalue weighted by Gasteiger charge is 2.48. The summed E-state index contributed by atoms with van der Waals surface area (Å²) in [5.41, 5.74) is 1.46. The molecule has 6 heteroatoms. The zero-order chi connectivity index (χ0) is 21.0. The molecule has 1 aromatic carbocycles. The SMILES string of the molecule is COC(=O)N1CC(=Cc2ccccn2)C(=O)C(C)(C)C1Cc1ccc(OC)cc1. The molecule has 1 aliphatic heterocycles. The molecule has 2 aromatic rings. The van der Waals surface area contributed by atoms with Gasteiger partial charge >= 0.3 is 6.09 Å². The number of likely N-dealkylation sites (tertiary alicyclic amines) is 1. The first-order valence-corrected chi connectivity index (χ1v) is 9.50. The Hall–Kier alpha value is -3.15. The maximum absolute atomic E-state index is 13.3. The van der Waals surface area contributed by atoms with Crippen molar-refractivity contribution in [2.75, 3.05) is 20.8 Å². The standard InChI is InChI=1S/C23H26N2O4/c1-23(2)20(13-16-8-10-19(28-3)11-9-16)25(22(27)29-4)15-17(21(23)26)14-18-7-5-6-12-24-18/h5-12,14,20H,13,15H2,1-4H3. The summed E-state index contributed by atoms with van der Waals surface area (Å²) in [7, 11) is 2.98. The molecule has 0 radical (unpaired) electrons. The van der Waals surface area contributed by atoms with Crippen molar-refractivity contribution < 1.29 is 19.1 Å². The van der Waals surface area contributed by atoms with Crippen molar-refractivity contribution in [3.8, 4) is 5.75 Å². The van der Waals surface area contributed by atoms with E-state index in [0.29, 0.717) is 17.7 Å². The predicted molar refractivity (Wildman–Crippen MR) is 111 cm³/mol. The fraction of sp³-hybridized carbons (Fsp3) is 0.348. The largest absolute Gasteiger partial charge is 0.497 e. The van der Waals surface area contributed by atoms with Gasteiger partial charge in [-0.3, -0.25) is 14.7 Å². The Labute approximate surface area is 171 Å². The van der Waals surface area contributed by atoms with Gasteiger partial charge in [0.1, 0.15) is 5.75 Å². The van der Waals surface area contributed by atoms with Crippen molar-refractivity contribution in [3.05, 3.63) is 65.5 Å². The van der Waals surface area contributed by atoms with Gasteiger partial charge in [0, 0.05) is 17.2 Å². The number of benzene rings is 1. The lowest BCUT2D eigenvalue weighted by Gasteiger charge is -2.45. The summed E-state index contributed by atoms with van der Waals surface area (Å²) in [4.78, 5) is 31.8. The minimum absolute atomic E-state index is 0.0156. The average molecular weight is 394 g/mol. The van der Waals surface area contributed by atoms with E-state index in [1.165, 1.54) is 7.11 Å². The first kappa shape index (κ1) is 20.6. The average Bonchev–Trinajstić information content (AvgIpc) is 2.74. The molecule has 0 N–H and O–H groups in total. The molecule has 1 aromatic heterocycles. The van der Waals surface area contributed by atoms with Crippen molar-refractivity contribution in [2.45, 2.75) is 26.3 Å². The van der Waals surface area contributed by atoms with Crippen LogP contribution in [0.1, 0.15) is 25.1 Å². The van der Waals surface area contributed by atoms with Crippen LogP contribution in [0.3, 0.4) is 0 Å². The van der Waals surface area contributed by atoms with Crippen LogP contribution in [-0.2, 0) is 16.0 Å². The fourth-order valence-corrected chi connectivity index (χ4v) is 3.73. The van der Waals surface area contributed by atoms with Gasteiger partial charge in [-0.15, -0.1) is 0 Å². The number of rotatable bonds is 4. The third kappa shape index (κ3) is 4.31. The number of amides is 1. The number of hydrogen-bond donors (Lipinski definition) is 0. The predicted octanol–water partition coefficient (Wildman–Crippen LogP) is 3.76.